The number of nitrogens with two attached hydrogens (primary N) is 1. The van der Waals surface area contributed by atoms with Crippen LogP contribution in [-0.4, -0.2) is 16.0 Å². The number of nitrogens with zero attached hydrogens (tertiary/aromatic N) is 1. The SMILES string of the molecule is CC1=CC(c2cccc([N+](=O)[O-])c2)C(C(=O)O)=C(N)N1. The Morgan fingerprint density at radius 3 is 2.80 bits per heavy atom. The highest BCUT2D eigenvalue weighted by atomic mass is 16.6. The van der Waals surface area contributed by atoms with E-state index < -0.39 is 16.8 Å². The number of rotatable bonds is 3. The molecule has 7 heteroatoms. The van der Waals surface area contributed by atoms with E-state index in [2.05, 4.69) is 5.32 Å². The van der Waals surface area contributed by atoms with Crippen LogP contribution in [0.1, 0.15) is 18.4 Å². The van der Waals surface area contributed by atoms with Crippen molar-refractivity contribution in [1.29, 1.82) is 0 Å². The monoisotopic (exact) mass is 275 g/mol. The van der Waals surface area contributed by atoms with Crippen LogP contribution in [0, 0.1) is 10.1 Å². The third-order valence-electron chi connectivity index (χ3n) is 3.02. The molecule has 20 heavy (non-hydrogen) atoms. The zero-order chi connectivity index (χ0) is 14.9. The van der Waals surface area contributed by atoms with E-state index in [1.165, 1.54) is 18.2 Å². The summed E-state index contributed by atoms with van der Waals surface area (Å²) in [5.74, 6) is -1.72. The third-order valence-corrected chi connectivity index (χ3v) is 3.02. The molecule has 0 saturated heterocycles. The number of benzene rings is 1. The van der Waals surface area contributed by atoms with E-state index in [-0.39, 0.29) is 17.1 Å². The van der Waals surface area contributed by atoms with Gasteiger partial charge in [0.15, 0.2) is 0 Å². The number of carboxylic acids is 1. The Hall–Kier alpha value is -2.83. The second-order valence-electron chi connectivity index (χ2n) is 4.44. The molecule has 104 valence electrons. The van der Waals surface area contributed by atoms with E-state index in [9.17, 15) is 20.0 Å². The maximum atomic E-state index is 11.3. The summed E-state index contributed by atoms with van der Waals surface area (Å²) >= 11 is 0. The number of hydrogen-bond acceptors (Lipinski definition) is 5. The third kappa shape index (κ3) is 2.46. The molecule has 0 amide bonds. The molecule has 0 aliphatic carbocycles. The van der Waals surface area contributed by atoms with Crippen molar-refractivity contribution in [2.24, 2.45) is 5.73 Å². The molecule has 7 nitrogen and oxygen atoms in total. The maximum Gasteiger partial charge on any atom is 0.336 e. The minimum Gasteiger partial charge on any atom is -0.478 e. The lowest BCUT2D eigenvalue weighted by atomic mass is 9.88. The van der Waals surface area contributed by atoms with E-state index >= 15 is 0 Å². The molecular weight excluding hydrogens is 262 g/mol. The highest BCUT2D eigenvalue weighted by molar-refractivity contribution is 5.90. The summed E-state index contributed by atoms with van der Waals surface area (Å²) in [4.78, 5) is 21.6. The van der Waals surface area contributed by atoms with Gasteiger partial charge < -0.3 is 16.2 Å². The van der Waals surface area contributed by atoms with Gasteiger partial charge in [-0.15, -0.1) is 0 Å². The topological polar surface area (TPSA) is 118 Å². The Morgan fingerprint density at radius 2 is 2.20 bits per heavy atom. The Kier molecular flexibility index (Phi) is 3.43. The molecule has 0 bridgehead atoms. The zero-order valence-corrected chi connectivity index (χ0v) is 10.7. The molecule has 1 atom stereocenters. The number of nitro groups is 1. The van der Waals surface area contributed by atoms with Crippen molar-refractivity contribution in [3.8, 4) is 0 Å². The average Bonchev–Trinajstić information content (AvgIpc) is 2.37. The van der Waals surface area contributed by atoms with Gasteiger partial charge >= 0.3 is 5.97 Å². The van der Waals surface area contributed by atoms with Crippen molar-refractivity contribution < 1.29 is 14.8 Å². The summed E-state index contributed by atoms with van der Waals surface area (Å²) in [5.41, 5.74) is 6.82. The first-order valence-electron chi connectivity index (χ1n) is 5.83. The summed E-state index contributed by atoms with van der Waals surface area (Å²) in [6.07, 6.45) is 1.68. The molecule has 1 aliphatic rings. The fourth-order valence-electron chi connectivity index (χ4n) is 2.17. The van der Waals surface area contributed by atoms with Crippen LogP contribution in [0.15, 0.2) is 47.4 Å². The highest BCUT2D eigenvalue weighted by Gasteiger charge is 2.28. The molecule has 1 aromatic carbocycles. The fraction of sp³-hybridized carbons (Fsp3) is 0.154. The fourth-order valence-corrected chi connectivity index (χ4v) is 2.17. The predicted octanol–water partition coefficient (Wildman–Crippen LogP) is 1.44. The Labute approximate surface area is 114 Å². The van der Waals surface area contributed by atoms with E-state index in [1.807, 2.05) is 0 Å². The molecular formula is C13H13N3O4. The van der Waals surface area contributed by atoms with Crippen molar-refractivity contribution in [2.75, 3.05) is 0 Å². The van der Waals surface area contributed by atoms with Gasteiger partial charge in [0, 0.05) is 23.7 Å². The van der Waals surface area contributed by atoms with E-state index in [0.29, 0.717) is 11.3 Å². The molecule has 2 rings (SSSR count). The zero-order valence-electron chi connectivity index (χ0n) is 10.7. The first-order valence-corrected chi connectivity index (χ1v) is 5.83. The van der Waals surface area contributed by atoms with E-state index in [1.54, 1.807) is 19.1 Å². The molecule has 0 radical (unpaired) electrons. The van der Waals surface area contributed by atoms with Gasteiger partial charge in [-0.25, -0.2) is 4.79 Å². The summed E-state index contributed by atoms with van der Waals surface area (Å²) in [6.45, 7) is 1.75. The largest absolute Gasteiger partial charge is 0.478 e. The van der Waals surface area contributed by atoms with Crippen molar-refractivity contribution in [1.82, 2.24) is 5.32 Å². The summed E-state index contributed by atoms with van der Waals surface area (Å²) in [7, 11) is 0. The first-order chi connectivity index (χ1) is 9.40. The van der Waals surface area contributed by atoms with Crippen LogP contribution in [0.5, 0.6) is 0 Å². The van der Waals surface area contributed by atoms with Gasteiger partial charge in [0.1, 0.15) is 5.82 Å². The van der Waals surface area contributed by atoms with Crippen molar-refractivity contribution in [3.05, 3.63) is 63.1 Å². The van der Waals surface area contributed by atoms with Crippen LogP contribution in [-0.2, 0) is 4.79 Å². The number of non-ortho nitro benzene ring substituents is 1. The molecule has 4 N–H and O–H groups in total. The molecule has 1 aliphatic heterocycles. The van der Waals surface area contributed by atoms with E-state index in [0.717, 1.165) is 0 Å². The van der Waals surface area contributed by atoms with Crippen molar-refractivity contribution >= 4 is 11.7 Å². The molecule has 1 aromatic rings. The number of aliphatic carboxylic acids is 1. The average molecular weight is 275 g/mol. The molecule has 0 spiro atoms. The van der Waals surface area contributed by atoms with Gasteiger partial charge in [0.25, 0.3) is 5.69 Å². The second kappa shape index (κ2) is 5.04. The Morgan fingerprint density at radius 1 is 1.50 bits per heavy atom. The Balaban J connectivity index is 2.53. The first kappa shape index (κ1) is 13.6. The smallest absolute Gasteiger partial charge is 0.336 e. The van der Waals surface area contributed by atoms with Gasteiger partial charge in [-0.2, -0.15) is 0 Å². The van der Waals surface area contributed by atoms with E-state index in [4.69, 9.17) is 5.73 Å². The number of nitro benzene ring substituents is 1. The van der Waals surface area contributed by atoms with Crippen molar-refractivity contribution in [3.63, 3.8) is 0 Å². The minimum absolute atomic E-state index is 0.0175. The number of nitrogens with one attached hydrogen (secondary N) is 1. The van der Waals surface area contributed by atoms with Crippen molar-refractivity contribution in [2.45, 2.75) is 12.8 Å². The normalized spacial score (nSPS) is 18.2. The lowest BCUT2D eigenvalue weighted by Gasteiger charge is -2.23. The van der Waals surface area contributed by atoms with Gasteiger partial charge in [-0.1, -0.05) is 18.2 Å². The number of hydrogen-bond donors (Lipinski definition) is 3. The maximum absolute atomic E-state index is 11.3. The summed E-state index contributed by atoms with van der Waals surface area (Å²) in [5, 5.41) is 22.8. The van der Waals surface area contributed by atoms with Crippen LogP contribution in [0.3, 0.4) is 0 Å². The van der Waals surface area contributed by atoms with Crippen LogP contribution < -0.4 is 11.1 Å². The van der Waals surface area contributed by atoms with Crippen LogP contribution in [0.25, 0.3) is 0 Å². The number of allylic oxidation sites excluding steroid dienone is 2. The lowest BCUT2D eigenvalue weighted by Crippen LogP contribution is -2.30. The number of carboxylic acid groups (broad SMARTS) is 1. The van der Waals surface area contributed by atoms with Crippen LogP contribution in [0.2, 0.25) is 0 Å². The molecule has 1 heterocycles. The van der Waals surface area contributed by atoms with Gasteiger partial charge in [-0.05, 0) is 12.5 Å². The lowest BCUT2D eigenvalue weighted by molar-refractivity contribution is -0.384. The van der Waals surface area contributed by atoms with Crippen LogP contribution in [0.4, 0.5) is 5.69 Å². The molecule has 0 saturated carbocycles. The van der Waals surface area contributed by atoms with Gasteiger partial charge in [0.2, 0.25) is 0 Å². The molecule has 0 fully saturated rings. The van der Waals surface area contributed by atoms with Crippen LogP contribution >= 0.6 is 0 Å². The highest BCUT2D eigenvalue weighted by Crippen LogP contribution is 2.32. The number of carbonyl (C=O) groups is 1. The minimum atomic E-state index is -1.16. The molecule has 0 aromatic heterocycles. The second-order valence-corrected chi connectivity index (χ2v) is 4.44. The predicted molar refractivity (Wildman–Crippen MR) is 71.6 cm³/mol. The Bertz CT molecular complexity index is 649. The summed E-state index contributed by atoms with van der Waals surface area (Å²) in [6, 6.07) is 5.88. The summed E-state index contributed by atoms with van der Waals surface area (Å²) < 4.78 is 0. The molecule has 1 unspecified atom stereocenters. The quantitative estimate of drug-likeness (QED) is 0.567. The number of dihydropyridines is 1. The van der Waals surface area contributed by atoms with Gasteiger partial charge in [0.05, 0.1) is 10.5 Å². The van der Waals surface area contributed by atoms with Gasteiger partial charge in [-0.3, -0.25) is 10.1 Å². The standard InChI is InChI=1S/C13H13N3O4/c1-7-5-10(11(13(17)18)12(14)15-7)8-3-2-4-9(6-8)16(19)20/h2-6,10,15H,14H2,1H3,(H,17,18).